The molecule has 0 fully saturated rings. The van der Waals surface area contributed by atoms with Crippen LogP contribution in [0.4, 0.5) is 14.9 Å². The zero-order valence-corrected chi connectivity index (χ0v) is 18.3. The van der Waals surface area contributed by atoms with Crippen LogP contribution in [0.25, 0.3) is 10.8 Å². The van der Waals surface area contributed by atoms with Crippen LogP contribution in [0.15, 0.2) is 47.3 Å². The molecule has 0 aliphatic heterocycles. The Hall–Kier alpha value is -2.86. The Balaban J connectivity index is 1.76. The van der Waals surface area contributed by atoms with E-state index in [4.69, 9.17) is 11.6 Å². The highest BCUT2D eigenvalue weighted by Gasteiger charge is 2.32. The number of pyridine rings is 1. The summed E-state index contributed by atoms with van der Waals surface area (Å²) in [7, 11) is 0. The van der Waals surface area contributed by atoms with E-state index in [0.717, 1.165) is 35.9 Å². The van der Waals surface area contributed by atoms with Gasteiger partial charge in [-0.1, -0.05) is 43.6 Å². The highest BCUT2D eigenvalue weighted by Crippen LogP contribution is 2.38. The number of aromatic nitrogens is 1. The summed E-state index contributed by atoms with van der Waals surface area (Å²) in [6, 6.07) is 11.2. The minimum Gasteiger partial charge on any atom is -0.325 e. The maximum atomic E-state index is 13.5. The highest BCUT2D eigenvalue weighted by atomic mass is 35.5. The summed E-state index contributed by atoms with van der Waals surface area (Å²) < 4.78 is 13.5. The number of halogens is 2. The zero-order chi connectivity index (χ0) is 22.1. The van der Waals surface area contributed by atoms with Crippen LogP contribution >= 0.6 is 11.6 Å². The van der Waals surface area contributed by atoms with E-state index in [9.17, 15) is 14.0 Å². The van der Waals surface area contributed by atoms with Crippen LogP contribution in [-0.4, -0.2) is 22.5 Å². The molecule has 0 unspecified atom stereocenters. The van der Waals surface area contributed by atoms with Gasteiger partial charge in [0.05, 0.1) is 11.1 Å². The molecule has 162 valence electrons. The molecule has 2 aromatic carbocycles. The number of amides is 2. The van der Waals surface area contributed by atoms with E-state index in [-0.39, 0.29) is 28.6 Å². The second-order valence-electron chi connectivity index (χ2n) is 8.41. The number of hydrogen-bond donors (Lipinski definition) is 2. The highest BCUT2D eigenvalue weighted by molar-refractivity contribution is 6.31. The van der Waals surface area contributed by atoms with Crippen molar-refractivity contribution in [1.82, 2.24) is 9.88 Å². The van der Waals surface area contributed by atoms with Gasteiger partial charge in [-0.15, -0.1) is 0 Å². The molecule has 1 aliphatic rings. The van der Waals surface area contributed by atoms with Crippen LogP contribution < -0.4 is 10.9 Å². The molecule has 5 nitrogen and oxygen atoms in total. The van der Waals surface area contributed by atoms with Gasteiger partial charge in [-0.2, -0.15) is 0 Å². The lowest BCUT2D eigenvalue weighted by Gasteiger charge is -2.37. The van der Waals surface area contributed by atoms with Gasteiger partial charge < -0.3 is 15.2 Å². The minimum absolute atomic E-state index is 0.0419. The van der Waals surface area contributed by atoms with Crippen LogP contribution in [0.2, 0.25) is 5.02 Å². The Bertz CT molecular complexity index is 1190. The number of fused-ring (bicyclic) bond motifs is 3. The number of rotatable bonds is 4. The molecule has 0 saturated heterocycles. The molecule has 0 radical (unpaired) electrons. The topological polar surface area (TPSA) is 65.2 Å². The van der Waals surface area contributed by atoms with Gasteiger partial charge in [0.15, 0.2) is 0 Å². The fourth-order valence-corrected chi connectivity index (χ4v) is 4.55. The van der Waals surface area contributed by atoms with Crippen molar-refractivity contribution >= 4 is 34.1 Å². The van der Waals surface area contributed by atoms with Crippen molar-refractivity contribution in [2.45, 2.75) is 39.2 Å². The Morgan fingerprint density at radius 1 is 1.26 bits per heavy atom. The molecular formula is C24H25ClFN3O2. The van der Waals surface area contributed by atoms with Crippen LogP contribution in [0.5, 0.6) is 0 Å². The second kappa shape index (κ2) is 8.71. The van der Waals surface area contributed by atoms with Gasteiger partial charge in [0.2, 0.25) is 0 Å². The third-order valence-electron chi connectivity index (χ3n) is 5.66. The molecular weight excluding hydrogens is 417 g/mol. The first-order valence-corrected chi connectivity index (χ1v) is 10.9. The Labute approximate surface area is 185 Å². The predicted octanol–water partition coefficient (Wildman–Crippen LogP) is 5.89. The number of nitrogens with zero attached hydrogens (tertiary/aromatic N) is 1. The number of aromatic amines is 1. The zero-order valence-electron chi connectivity index (χ0n) is 17.5. The van der Waals surface area contributed by atoms with Gasteiger partial charge in [0.25, 0.3) is 5.56 Å². The number of aryl methyl sites for hydroxylation is 1. The van der Waals surface area contributed by atoms with E-state index in [2.05, 4.69) is 24.1 Å². The largest absolute Gasteiger partial charge is 0.325 e. The second-order valence-corrected chi connectivity index (χ2v) is 8.81. The summed E-state index contributed by atoms with van der Waals surface area (Å²) in [5.74, 6) is -0.294. The molecule has 4 rings (SSSR count). The lowest BCUT2D eigenvalue weighted by molar-refractivity contribution is 0.170. The van der Waals surface area contributed by atoms with Crippen molar-refractivity contribution in [3.05, 3.63) is 74.9 Å². The van der Waals surface area contributed by atoms with Gasteiger partial charge in [-0.3, -0.25) is 4.79 Å². The molecule has 2 N–H and O–H groups in total. The lowest BCUT2D eigenvalue weighted by Crippen LogP contribution is -2.42. The molecule has 1 aliphatic carbocycles. The van der Waals surface area contributed by atoms with Crippen LogP contribution in [0, 0.1) is 11.7 Å². The Kier molecular flexibility index (Phi) is 6.01. The lowest BCUT2D eigenvalue weighted by atomic mass is 9.86. The van der Waals surface area contributed by atoms with Gasteiger partial charge in [0.1, 0.15) is 5.82 Å². The molecule has 31 heavy (non-hydrogen) atoms. The maximum Gasteiger partial charge on any atom is 0.322 e. The minimum atomic E-state index is -0.532. The Morgan fingerprint density at radius 2 is 2.00 bits per heavy atom. The molecule has 1 heterocycles. The molecule has 0 bridgehead atoms. The molecule has 7 heteroatoms. The van der Waals surface area contributed by atoms with E-state index in [1.54, 1.807) is 0 Å². The first kappa shape index (κ1) is 21.4. The van der Waals surface area contributed by atoms with E-state index in [0.29, 0.717) is 17.6 Å². The average Bonchev–Trinajstić information content (AvgIpc) is 2.74. The summed E-state index contributed by atoms with van der Waals surface area (Å²) in [4.78, 5) is 30.8. The van der Waals surface area contributed by atoms with Gasteiger partial charge in [-0.05, 0) is 54.8 Å². The van der Waals surface area contributed by atoms with Crippen molar-refractivity contribution < 1.29 is 9.18 Å². The molecule has 1 atom stereocenters. The number of hydrogen-bond acceptors (Lipinski definition) is 2. The number of H-pyrrole nitrogens is 1. The quantitative estimate of drug-likeness (QED) is 0.530. The van der Waals surface area contributed by atoms with Crippen LogP contribution in [-0.2, 0) is 6.42 Å². The number of anilines is 1. The van der Waals surface area contributed by atoms with E-state index in [1.807, 2.05) is 29.2 Å². The van der Waals surface area contributed by atoms with Gasteiger partial charge in [0, 0.05) is 28.9 Å². The normalized spacial score (nSPS) is 15.7. The van der Waals surface area contributed by atoms with E-state index < -0.39 is 5.82 Å². The summed E-state index contributed by atoms with van der Waals surface area (Å²) in [5, 5.41) is 4.34. The fourth-order valence-electron chi connectivity index (χ4n) is 4.37. The Morgan fingerprint density at radius 3 is 2.71 bits per heavy atom. The SMILES string of the molecule is CC(C)CN(C(=O)Nc1ccc(F)c(Cl)c1)[C@@H]1CCCc2[nH]c(=O)c3ccccc3c21. The third kappa shape index (κ3) is 4.30. The number of benzene rings is 2. The first-order valence-electron chi connectivity index (χ1n) is 10.5. The fraction of sp³-hybridized carbons (Fsp3) is 0.333. The van der Waals surface area contributed by atoms with Gasteiger partial charge in [-0.25, -0.2) is 9.18 Å². The average molecular weight is 442 g/mol. The smallest absolute Gasteiger partial charge is 0.322 e. The van der Waals surface area contributed by atoms with E-state index in [1.165, 1.54) is 18.2 Å². The number of urea groups is 1. The number of carbonyl (C=O) groups excluding carboxylic acids is 1. The van der Waals surface area contributed by atoms with Crippen molar-refractivity contribution in [3.63, 3.8) is 0 Å². The number of nitrogens with one attached hydrogen (secondary N) is 2. The van der Waals surface area contributed by atoms with Crippen molar-refractivity contribution in [2.24, 2.45) is 5.92 Å². The predicted molar refractivity (Wildman–Crippen MR) is 122 cm³/mol. The molecule has 0 saturated carbocycles. The molecule has 2 amide bonds. The molecule has 3 aromatic rings. The van der Waals surface area contributed by atoms with Gasteiger partial charge >= 0.3 is 6.03 Å². The maximum absolute atomic E-state index is 13.5. The van der Waals surface area contributed by atoms with E-state index >= 15 is 0 Å². The number of carbonyl (C=O) groups is 1. The summed E-state index contributed by atoms with van der Waals surface area (Å²) >= 11 is 5.88. The molecule has 1 aromatic heterocycles. The van der Waals surface area contributed by atoms with Crippen molar-refractivity contribution in [1.29, 1.82) is 0 Å². The van der Waals surface area contributed by atoms with Crippen molar-refractivity contribution in [2.75, 3.05) is 11.9 Å². The standard InChI is InChI=1S/C24H25ClFN3O2/c1-14(2)13-29(24(31)27-15-10-11-19(26)18(25)12-15)21-9-5-8-20-22(21)16-6-3-4-7-17(16)23(30)28-20/h3-4,6-7,10-12,14,21H,5,8-9,13H2,1-2H3,(H,27,31)(H,28,30)/t21-/m1/s1. The monoisotopic (exact) mass is 441 g/mol. The van der Waals surface area contributed by atoms with Crippen molar-refractivity contribution in [3.8, 4) is 0 Å². The van der Waals surface area contributed by atoms with Crippen LogP contribution in [0.3, 0.4) is 0 Å². The third-order valence-corrected chi connectivity index (χ3v) is 5.95. The summed E-state index contributed by atoms with van der Waals surface area (Å²) in [6.45, 7) is 4.66. The first-order chi connectivity index (χ1) is 14.8. The molecule has 0 spiro atoms. The van der Waals surface area contributed by atoms with Crippen LogP contribution in [0.1, 0.15) is 44.0 Å². The summed E-state index contributed by atoms with van der Waals surface area (Å²) in [5.41, 5.74) is 2.24. The summed E-state index contributed by atoms with van der Waals surface area (Å²) in [6.07, 6.45) is 2.44.